The first-order valence-electron chi connectivity index (χ1n) is 10.6. The van der Waals surface area contributed by atoms with Crippen LogP contribution in [0.1, 0.15) is 23.6 Å². The maximum Gasteiger partial charge on any atom is 0.363 e. The van der Waals surface area contributed by atoms with Crippen molar-refractivity contribution in [3.63, 3.8) is 0 Å². The Morgan fingerprint density at radius 2 is 1.82 bits per heavy atom. The van der Waals surface area contributed by atoms with Crippen LogP contribution in [0.2, 0.25) is 10.0 Å². The number of halogens is 3. The molecule has 0 radical (unpaired) electrons. The van der Waals surface area contributed by atoms with Gasteiger partial charge in [0.2, 0.25) is 5.90 Å². The molecule has 4 rings (SSSR count). The highest BCUT2D eigenvalue weighted by Gasteiger charge is 2.25. The second-order valence-electron chi connectivity index (χ2n) is 7.31. The molecule has 1 aliphatic rings. The number of benzene rings is 3. The summed E-state index contributed by atoms with van der Waals surface area (Å²) in [5, 5.41) is 0.768. The lowest BCUT2D eigenvalue weighted by atomic mass is 10.1. The first kappa shape index (κ1) is 24.6. The summed E-state index contributed by atoms with van der Waals surface area (Å²) in [5.74, 6) is 0.913. The smallest absolute Gasteiger partial charge is 0.363 e. The normalized spacial score (nSPS) is 14.2. The predicted molar refractivity (Wildman–Crippen MR) is 143 cm³/mol. The summed E-state index contributed by atoms with van der Waals surface area (Å²) in [6.45, 7) is 2.91. The molecular weight excluding hydrogens is 588 g/mol. The van der Waals surface area contributed by atoms with Crippen molar-refractivity contribution in [2.75, 3.05) is 13.2 Å². The van der Waals surface area contributed by atoms with Gasteiger partial charge in [-0.05, 0) is 77.0 Å². The SMILES string of the molecule is CCOc1cc(/C=C2\N=C(c3ccc(Cl)c(Cl)c3)OC2=O)cc(I)c1OCCc1ccccc1. The van der Waals surface area contributed by atoms with Crippen LogP contribution in [0.15, 0.2) is 71.4 Å². The highest BCUT2D eigenvalue weighted by atomic mass is 127. The number of cyclic esters (lactones) is 1. The summed E-state index contributed by atoms with van der Waals surface area (Å²) in [6.07, 6.45) is 2.44. The molecule has 0 saturated carbocycles. The lowest BCUT2D eigenvalue weighted by molar-refractivity contribution is -0.129. The van der Waals surface area contributed by atoms with E-state index in [4.69, 9.17) is 37.4 Å². The minimum absolute atomic E-state index is 0.176. The number of aliphatic imine (C=N–C) groups is 1. The molecule has 0 atom stereocenters. The number of hydrogen-bond donors (Lipinski definition) is 0. The molecule has 0 bridgehead atoms. The molecule has 34 heavy (non-hydrogen) atoms. The van der Waals surface area contributed by atoms with Crippen LogP contribution < -0.4 is 9.47 Å². The minimum atomic E-state index is -0.544. The number of hydrogen-bond acceptors (Lipinski definition) is 5. The van der Waals surface area contributed by atoms with Gasteiger partial charge in [0.1, 0.15) is 0 Å². The van der Waals surface area contributed by atoms with Crippen molar-refractivity contribution in [2.24, 2.45) is 4.99 Å². The Morgan fingerprint density at radius 1 is 1.03 bits per heavy atom. The van der Waals surface area contributed by atoms with Crippen molar-refractivity contribution in [1.29, 1.82) is 0 Å². The van der Waals surface area contributed by atoms with E-state index >= 15 is 0 Å². The van der Waals surface area contributed by atoms with E-state index in [9.17, 15) is 4.79 Å². The Bertz CT molecular complexity index is 1280. The van der Waals surface area contributed by atoms with Crippen molar-refractivity contribution in [3.8, 4) is 11.5 Å². The van der Waals surface area contributed by atoms with Crippen molar-refractivity contribution in [1.82, 2.24) is 0 Å². The zero-order valence-corrected chi connectivity index (χ0v) is 21.9. The zero-order valence-electron chi connectivity index (χ0n) is 18.2. The molecule has 0 saturated heterocycles. The number of carbonyl (C=O) groups is 1. The second-order valence-corrected chi connectivity index (χ2v) is 9.29. The van der Waals surface area contributed by atoms with E-state index in [0.717, 1.165) is 15.6 Å². The fourth-order valence-corrected chi connectivity index (χ4v) is 4.39. The van der Waals surface area contributed by atoms with E-state index in [1.807, 2.05) is 37.3 Å². The van der Waals surface area contributed by atoms with Gasteiger partial charge in [0.15, 0.2) is 17.2 Å². The Kier molecular flexibility index (Phi) is 8.13. The molecule has 0 fully saturated rings. The predicted octanol–water partition coefficient (Wildman–Crippen LogP) is 6.96. The summed E-state index contributed by atoms with van der Waals surface area (Å²) in [4.78, 5) is 16.8. The molecule has 3 aromatic carbocycles. The van der Waals surface area contributed by atoms with E-state index in [2.05, 4.69) is 39.7 Å². The molecule has 174 valence electrons. The van der Waals surface area contributed by atoms with Crippen molar-refractivity contribution in [2.45, 2.75) is 13.3 Å². The van der Waals surface area contributed by atoms with Gasteiger partial charge in [-0.2, -0.15) is 0 Å². The molecule has 0 spiro atoms. The topological polar surface area (TPSA) is 57.1 Å². The lowest BCUT2D eigenvalue weighted by Crippen LogP contribution is -2.06. The lowest BCUT2D eigenvalue weighted by Gasteiger charge is -2.15. The third-order valence-corrected chi connectivity index (χ3v) is 6.44. The fourth-order valence-electron chi connectivity index (χ4n) is 3.31. The summed E-state index contributed by atoms with van der Waals surface area (Å²) >= 11 is 14.2. The van der Waals surface area contributed by atoms with Crippen molar-refractivity contribution < 1.29 is 19.0 Å². The molecule has 1 heterocycles. The number of ether oxygens (including phenoxy) is 3. The van der Waals surface area contributed by atoms with Crippen LogP contribution in [0, 0.1) is 3.57 Å². The second kappa shape index (κ2) is 11.3. The van der Waals surface area contributed by atoms with Crippen LogP contribution in [-0.4, -0.2) is 25.1 Å². The van der Waals surface area contributed by atoms with E-state index in [-0.39, 0.29) is 11.6 Å². The van der Waals surface area contributed by atoms with Gasteiger partial charge in [0, 0.05) is 12.0 Å². The van der Waals surface area contributed by atoms with Crippen LogP contribution in [-0.2, 0) is 16.0 Å². The van der Waals surface area contributed by atoms with E-state index in [1.165, 1.54) is 5.56 Å². The van der Waals surface area contributed by atoms with Gasteiger partial charge >= 0.3 is 5.97 Å². The first-order chi connectivity index (χ1) is 16.4. The summed E-state index contributed by atoms with van der Waals surface area (Å²) in [6, 6.07) is 18.8. The highest BCUT2D eigenvalue weighted by Crippen LogP contribution is 2.35. The average Bonchev–Trinajstić information content (AvgIpc) is 3.18. The molecule has 1 aliphatic heterocycles. The third-order valence-electron chi connectivity index (χ3n) is 4.90. The number of rotatable bonds is 8. The van der Waals surface area contributed by atoms with Gasteiger partial charge in [-0.1, -0.05) is 53.5 Å². The maximum absolute atomic E-state index is 12.4. The van der Waals surface area contributed by atoms with Gasteiger partial charge in [0.05, 0.1) is 26.8 Å². The zero-order chi connectivity index (χ0) is 24.1. The molecule has 5 nitrogen and oxygen atoms in total. The van der Waals surface area contributed by atoms with Gasteiger partial charge in [0.25, 0.3) is 0 Å². The molecule has 0 unspecified atom stereocenters. The summed E-state index contributed by atoms with van der Waals surface area (Å²) < 4.78 is 18.1. The van der Waals surface area contributed by atoms with Crippen LogP contribution in [0.4, 0.5) is 0 Å². The standard InChI is InChI=1S/C26H20Cl2INO4/c1-2-32-23-14-17(12-21(29)24(23)33-11-10-16-6-4-3-5-7-16)13-22-26(31)34-25(30-22)18-8-9-19(27)20(28)15-18/h3-9,12-15H,2,10-11H2,1H3/b22-13-. The minimum Gasteiger partial charge on any atom is -0.490 e. The monoisotopic (exact) mass is 607 g/mol. The Labute approximate surface area is 221 Å². The molecule has 0 N–H and O–H groups in total. The number of esters is 1. The summed E-state index contributed by atoms with van der Waals surface area (Å²) in [5.41, 5.74) is 2.69. The average molecular weight is 608 g/mol. The molecule has 8 heteroatoms. The van der Waals surface area contributed by atoms with Crippen molar-refractivity contribution >= 4 is 63.7 Å². The van der Waals surface area contributed by atoms with Gasteiger partial charge in [-0.25, -0.2) is 9.79 Å². The van der Waals surface area contributed by atoms with Crippen LogP contribution in [0.25, 0.3) is 6.08 Å². The summed E-state index contributed by atoms with van der Waals surface area (Å²) in [7, 11) is 0. The maximum atomic E-state index is 12.4. The molecular formula is C26H20Cl2INO4. The van der Waals surface area contributed by atoms with Gasteiger partial charge in [-0.15, -0.1) is 0 Å². The number of carbonyl (C=O) groups excluding carboxylic acids is 1. The van der Waals surface area contributed by atoms with Gasteiger partial charge < -0.3 is 14.2 Å². The van der Waals surface area contributed by atoms with Crippen LogP contribution in [0.5, 0.6) is 11.5 Å². The van der Waals surface area contributed by atoms with E-state index in [1.54, 1.807) is 24.3 Å². The Hall–Kier alpha value is -2.55. The molecule has 3 aromatic rings. The fraction of sp³-hybridized carbons (Fsp3) is 0.154. The van der Waals surface area contributed by atoms with Crippen molar-refractivity contribution in [3.05, 3.63) is 96.7 Å². The largest absolute Gasteiger partial charge is 0.490 e. The Balaban J connectivity index is 1.57. The van der Waals surface area contributed by atoms with E-state index in [0.29, 0.717) is 40.3 Å². The van der Waals surface area contributed by atoms with Crippen LogP contribution >= 0.6 is 45.8 Å². The first-order valence-corrected chi connectivity index (χ1v) is 12.4. The van der Waals surface area contributed by atoms with Crippen LogP contribution in [0.3, 0.4) is 0 Å². The molecule has 0 aromatic heterocycles. The van der Waals surface area contributed by atoms with E-state index < -0.39 is 5.97 Å². The third kappa shape index (κ3) is 5.92. The quantitative estimate of drug-likeness (QED) is 0.158. The van der Waals surface area contributed by atoms with Gasteiger partial charge in [-0.3, -0.25) is 0 Å². The molecule has 0 amide bonds. The highest BCUT2D eigenvalue weighted by molar-refractivity contribution is 14.1. The number of nitrogens with zero attached hydrogens (tertiary/aromatic N) is 1. The molecule has 0 aliphatic carbocycles. The Morgan fingerprint density at radius 3 is 2.56 bits per heavy atom.